The Balaban J connectivity index is 2.10. The van der Waals surface area contributed by atoms with Crippen LogP contribution in [-0.4, -0.2) is 41.4 Å². The van der Waals surface area contributed by atoms with Crippen LogP contribution in [0.1, 0.15) is 27.7 Å². The van der Waals surface area contributed by atoms with Crippen molar-refractivity contribution in [2.24, 2.45) is 5.41 Å². The Morgan fingerprint density at radius 2 is 2.00 bits per heavy atom. The Hall–Kier alpha value is -2.28. The fourth-order valence-electron chi connectivity index (χ4n) is 2.21. The number of hydrogen-bond acceptors (Lipinski definition) is 5. The standard InChI is InChI=1S/C19H24N2O4S/c1-5-25-14-9-7-6-8-13(14)20-16(23)11-21-17(24)12-26-18(21)10-15(22)19(2,3)4/h6-10H,5,11-12H2,1-4H3,(H,20,23)/b18-10-. The molecule has 1 aromatic carbocycles. The molecule has 140 valence electrons. The van der Waals surface area contributed by atoms with E-state index >= 15 is 0 Å². The first kappa shape index (κ1) is 20.0. The molecule has 0 bridgehead atoms. The summed E-state index contributed by atoms with van der Waals surface area (Å²) in [4.78, 5) is 38.1. The maximum atomic E-state index is 12.4. The Morgan fingerprint density at radius 3 is 2.65 bits per heavy atom. The highest BCUT2D eigenvalue weighted by Gasteiger charge is 2.30. The van der Waals surface area contributed by atoms with Gasteiger partial charge >= 0.3 is 0 Å². The van der Waals surface area contributed by atoms with E-state index in [9.17, 15) is 14.4 Å². The van der Waals surface area contributed by atoms with Gasteiger partial charge in [0, 0.05) is 11.5 Å². The van der Waals surface area contributed by atoms with Crippen LogP contribution in [0.5, 0.6) is 5.75 Å². The molecule has 0 spiro atoms. The summed E-state index contributed by atoms with van der Waals surface area (Å²) in [5.74, 6) is 0.191. The van der Waals surface area contributed by atoms with Gasteiger partial charge in [0.25, 0.3) is 0 Å². The topological polar surface area (TPSA) is 75.7 Å². The number of rotatable bonds is 6. The lowest BCUT2D eigenvalue weighted by molar-refractivity contribution is -0.129. The highest BCUT2D eigenvalue weighted by Crippen LogP contribution is 2.31. The lowest BCUT2D eigenvalue weighted by Gasteiger charge is -2.19. The molecule has 1 N–H and O–H groups in total. The summed E-state index contributed by atoms with van der Waals surface area (Å²) in [5.41, 5.74) is 0.0127. The van der Waals surface area contributed by atoms with Gasteiger partial charge in [-0.15, -0.1) is 0 Å². The molecule has 2 rings (SSSR count). The number of para-hydroxylation sites is 2. The second kappa shape index (κ2) is 8.40. The minimum Gasteiger partial charge on any atom is -0.492 e. The van der Waals surface area contributed by atoms with Crippen LogP contribution >= 0.6 is 11.8 Å². The van der Waals surface area contributed by atoms with Crippen LogP contribution in [0, 0.1) is 5.41 Å². The van der Waals surface area contributed by atoms with Crippen molar-refractivity contribution in [2.45, 2.75) is 27.7 Å². The highest BCUT2D eigenvalue weighted by molar-refractivity contribution is 8.04. The number of nitrogens with one attached hydrogen (secondary N) is 1. The van der Waals surface area contributed by atoms with Crippen molar-refractivity contribution < 1.29 is 19.1 Å². The Kier molecular flexibility index (Phi) is 6.47. The van der Waals surface area contributed by atoms with E-state index in [4.69, 9.17) is 4.74 Å². The quantitative estimate of drug-likeness (QED) is 0.772. The van der Waals surface area contributed by atoms with E-state index in [1.54, 1.807) is 18.2 Å². The zero-order valence-corrected chi connectivity index (χ0v) is 16.3. The summed E-state index contributed by atoms with van der Waals surface area (Å²) in [5, 5.41) is 3.28. The fourth-order valence-corrected chi connectivity index (χ4v) is 3.15. The number of ketones is 1. The van der Waals surface area contributed by atoms with E-state index in [-0.39, 0.29) is 29.9 Å². The summed E-state index contributed by atoms with van der Waals surface area (Å²) < 4.78 is 5.48. The molecular formula is C19H24N2O4S. The number of hydrogen-bond donors (Lipinski definition) is 1. The fraction of sp³-hybridized carbons (Fsp3) is 0.421. The maximum Gasteiger partial charge on any atom is 0.244 e. The number of allylic oxidation sites excluding steroid dienone is 1. The maximum absolute atomic E-state index is 12.4. The minimum atomic E-state index is -0.538. The first-order valence-corrected chi connectivity index (χ1v) is 9.42. The molecule has 0 atom stereocenters. The number of ether oxygens (including phenoxy) is 1. The first-order valence-electron chi connectivity index (χ1n) is 8.43. The van der Waals surface area contributed by atoms with E-state index in [0.29, 0.717) is 23.1 Å². The monoisotopic (exact) mass is 376 g/mol. The van der Waals surface area contributed by atoms with Gasteiger partial charge in [0.1, 0.15) is 12.3 Å². The van der Waals surface area contributed by atoms with Crippen LogP contribution in [0.25, 0.3) is 0 Å². The molecule has 0 saturated carbocycles. The summed E-state index contributed by atoms with van der Waals surface area (Å²) in [6.45, 7) is 7.65. The van der Waals surface area contributed by atoms with E-state index < -0.39 is 5.41 Å². The van der Waals surface area contributed by atoms with Crippen molar-refractivity contribution in [3.8, 4) is 5.75 Å². The number of nitrogens with zero attached hydrogens (tertiary/aromatic N) is 1. The van der Waals surface area contributed by atoms with Crippen LogP contribution < -0.4 is 10.1 Å². The Labute approximate surface area is 158 Å². The molecule has 1 aliphatic rings. The number of carbonyl (C=O) groups is 3. The van der Waals surface area contributed by atoms with Crippen LogP contribution in [0.4, 0.5) is 5.69 Å². The predicted molar refractivity (Wildman–Crippen MR) is 103 cm³/mol. The molecular weight excluding hydrogens is 352 g/mol. The zero-order chi connectivity index (χ0) is 19.3. The van der Waals surface area contributed by atoms with Gasteiger partial charge in [0.05, 0.1) is 23.1 Å². The third kappa shape index (κ3) is 5.11. The van der Waals surface area contributed by atoms with E-state index in [0.717, 1.165) is 0 Å². The molecule has 0 radical (unpaired) electrons. The van der Waals surface area contributed by atoms with Crippen molar-refractivity contribution in [2.75, 3.05) is 24.2 Å². The number of anilines is 1. The van der Waals surface area contributed by atoms with Crippen molar-refractivity contribution in [1.29, 1.82) is 0 Å². The van der Waals surface area contributed by atoms with E-state index in [2.05, 4.69) is 5.32 Å². The second-order valence-electron chi connectivity index (χ2n) is 6.84. The molecule has 6 nitrogen and oxygen atoms in total. The normalized spacial score (nSPS) is 16.1. The predicted octanol–water partition coefficient (Wildman–Crippen LogP) is 3.06. The van der Waals surface area contributed by atoms with Crippen LogP contribution in [0.15, 0.2) is 35.4 Å². The molecule has 1 aliphatic heterocycles. The molecule has 2 amide bonds. The van der Waals surface area contributed by atoms with Gasteiger partial charge in [-0.3, -0.25) is 19.3 Å². The lowest BCUT2D eigenvalue weighted by atomic mass is 9.91. The second-order valence-corrected chi connectivity index (χ2v) is 7.84. The molecule has 1 fully saturated rings. The van der Waals surface area contributed by atoms with Crippen molar-refractivity contribution >= 4 is 35.0 Å². The van der Waals surface area contributed by atoms with E-state index in [1.165, 1.54) is 22.7 Å². The number of amides is 2. The van der Waals surface area contributed by atoms with Gasteiger partial charge in [0.2, 0.25) is 11.8 Å². The average Bonchev–Trinajstić information content (AvgIpc) is 2.89. The summed E-state index contributed by atoms with van der Waals surface area (Å²) in [7, 11) is 0. The van der Waals surface area contributed by atoms with Gasteiger partial charge in [-0.1, -0.05) is 44.7 Å². The number of benzene rings is 1. The van der Waals surface area contributed by atoms with Crippen molar-refractivity contribution in [3.05, 3.63) is 35.4 Å². The minimum absolute atomic E-state index is 0.0817. The largest absolute Gasteiger partial charge is 0.492 e. The van der Waals surface area contributed by atoms with Crippen LogP contribution in [0.2, 0.25) is 0 Å². The Morgan fingerprint density at radius 1 is 1.31 bits per heavy atom. The number of carbonyl (C=O) groups excluding carboxylic acids is 3. The van der Waals surface area contributed by atoms with Crippen molar-refractivity contribution in [3.63, 3.8) is 0 Å². The molecule has 26 heavy (non-hydrogen) atoms. The molecule has 0 aliphatic carbocycles. The lowest BCUT2D eigenvalue weighted by Crippen LogP contribution is -2.34. The van der Waals surface area contributed by atoms with Gasteiger partial charge in [-0.2, -0.15) is 0 Å². The average molecular weight is 376 g/mol. The molecule has 0 aromatic heterocycles. The molecule has 0 unspecified atom stereocenters. The summed E-state index contributed by atoms with van der Waals surface area (Å²) in [6.07, 6.45) is 1.46. The SMILES string of the molecule is CCOc1ccccc1NC(=O)CN1C(=O)CS/C1=C\C(=O)C(C)(C)C. The smallest absolute Gasteiger partial charge is 0.244 e. The summed E-state index contributed by atoms with van der Waals surface area (Å²) in [6, 6.07) is 7.12. The molecule has 1 heterocycles. The van der Waals surface area contributed by atoms with Gasteiger partial charge in [-0.25, -0.2) is 0 Å². The van der Waals surface area contributed by atoms with Crippen LogP contribution in [0.3, 0.4) is 0 Å². The molecule has 7 heteroatoms. The number of thioether (sulfide) groups is 1. The van der Waals surface area contributed by atoms with Gasteiger partial charge in [0.15, 0.2) is 5.78 Å². The zero-order valence-electron chi connectivity index (χ0n) is 15.5. The third-order valence-electron chi connectivity index (χ3n) is 3.67. The summed E-state index contributed by atoms with van der Waals surface area (Å²) >= 11 is 1.27. The van der Waals surface area contributed by atoms with Gasteiger partial charge in [-0.05, 0) is 19.1 Å². The Bertz CT molecular complexity index is 737. The van der Waals surface area contributed by atoms with Crippen molar-refractivity contribution in [1.82, 2.24) is 4.90 Å². The van der Waals surface area contributed by atoms with Gasteiger partial charge < -0.3 is 10.1 Å². The van der Waals surface area contributed by atoms with E-state index in [1.807, 2.05) is 33.8 Å². The third-order valence-corrected chi connectivity index (χ3v) is 4.69. The first-order chi connectivity index (χ1) is 12.2. The van der Waals surface area contributed by atoms with Crippen LogP contribution in [-0.2, 0) is 14.4 Å². The molecule has 1 saturated heterocycles. The highest BCUT2D eigenvalue weighted by atomic mass is 32.2. The molecule has 1 aromatic rings.